The van der Waals surface area contributed by atoms with Crippen LogP contribution in [0.1, 0.15) is 39.2 Å². The van der Waals surface area contributed by atoms with Crippen molar-refractivity contribution in [2.24, 2.45) is 0 Å². The number of thiophene rings is 1. The number of nitrogens with zero attached hydrogens (tertiary/aromatic N) is 1. The van der Waals surface area contributed by atoms with Crippen molar-refractivity contribution in [1.82, 2.24) is 20.3 Å². The molecule has 27 heavy (non-hydrogen) atoms. The van der Waals surface area contributed by atoms with Crippen LogP contribution >= 0.6 is 11.3 Å². The molecule has 5 nitrogen and oxygen atoms in total. The van der Waals surface area contributed by atoms with E-state index in [1.807, 2.05) is 48.4 Å². The molecule has 0 saturated carbocycles. The van der Waals surface area contributed by atoms with Gasteiger partial charge in [0.15, 0.2) is 0 Å². The van der Waals surface area contributed by atoms with Crippen molar-refractivity contribution < 1.29 is 4.79 Å². The van der Waals surface area contributed by atoms with Gasteiger partial charge in [0.1, 0.15) is 5.65 Å². The summed E-state index contributed by atoms with van der Waals surface area (Å²) in [5, 5.41) is 6.17. The van der Waals surface area contributed by atoms with Crippen molar-refractivity contribution >= 4 is 28.3 Å². The SMILES string of the molecule is O=C(NCCCCc1cc[nH]c1)c1sccc1Cc1ccnc2[nH]ccc12. The second kappa shape index (κ2) is 8.22. The summed E-state index contributed by atoms with van der Waals surface area (Å²) in [4.78, 5) is 23.9. The fraction of sp³-hybridized carbons (Fsp3) is 0.238. The fourth-order valence-electron chi connectivity index (χ4n) is 3.30. The first-order chi connectivity index (χ1) is 13.3. The molecule has 0 saturated heterocycles. The molecule has 3 N–H and O–H groups in total. The summed E-state index contributed by atoms with van der Waals surface area (Å²) in [6, 6.07) is 8.20. The largest absolute Gasteiger partial charge is 0.367 e. The predicted molar refractivity (Wildman–Crippen MR) is 109 cm³/mol. The first kappa shape index (κ1) is 17.5. The van der Waals surface area contributed by atoms with Crippen LogP contribution in [0.15, 0.2) is 54.4 Å². The lowest BCUT2D eigenvalue weighted by atomic mass is 10.0. The van der Waals surface area contributed by atoms with Crippen LogP contribution in [0.4, 0.5) is 0 Å². The number of carbonyl (C=O) groups excluding carboxylic acids is 1. The topological polar surface area (TPSA) is 73.6 Å². The van der Waals surface area contributed by atoms with Gasteiger partial charge < -0.3 is 15.3 Å². The summed E-state index contributed by atoms with van der Waals surface area (Å²) in [5.41, 5.74) is 4.45. The number of unbranched alkanes of at least 4 members (excludes halogenated alkanes) is 1. The van der Waals surface area contributed by atoms with E-state index in [0.29, 0.717) is 6.54 Å². The summed E-state index contributed by atoms with van der Waals surface area (Å²) in [6.07, 6.45) is 11.5. The molecule has 4 aromatic rings. The molecule has 0 fully saturated rings. The van der Waals surface area contributed by atoms with Gasteiger partial charge in [-0.15, -0.1) is 11.3 Å². The number of aromatic nitrogens is 3. The third kappa shape index (κ3) is 4.11. The van der Waals surface area contributed by atoms with Gasteiger partial charge >= 0.3 is 0 Å². The Morgan fingerprint density at radius 3 is 2.96 bits per heavy atom. The minimum Gasteiger partial charge on any atom is -0.367 e. The lowest BCUT2D eigenvalue weighted by molar-refractivity contribution is 0.0956. The van der Waals surface area contributed by atoms with Gasteiger partial charge in [-0.25, -0.2) is 4.98 Å². The number of aryl methyl sites for hydroxylation is 1. The van der Waals surface area contributed by atoms with Crippen molar-refractivity contribution in [2.75, 3.05) is 6.54 Å². The van der Waals surface area contributed by atoms with E-state index in [4.69, 9.17) is 0 Å². The molecule has 0 aliphatic heterocycles. The van der Waals surface area contributed by atoms with Crippen LogP contribution in [0.3, 0.4) is 0 Å². The number of rotatable bonds is 8. The Morgan fingerprint density at radius 2 is 2.07 bits per heavy atom. The van der Waals surface area contributed by atoms with Crippen LogP contribution in [0.25, 0.3) is 11.0 Å². The first-order valence-corrected chi connectivity index (χ1v) is 10.1. The quantitative estimate of drug-likeness (QED) is 0.400. The van der Waals surface area contributed by atoms with Crippen LogP contribution in [0, 0.1) is 0 Å². The smallest absolute Gasteiger partial charge is 0.261 e. The Labute approximate surface area is 161 Å². The molecule has 0 radical (unpaired) electrons. The van der Waals surface area contributed by atoms with E-state index in [0.717, 1.165) is 47.2 Å². The molecule has 4 heterocycles. The molecule has 4 aromatic heterocycles. The number of pyridine rings is 1. The van der Waals surface area contributed by atoms with Crippen LogP contribution in [0.2, 0.25) is 0 Å². The van der Waals surface area contributed by atoms with Gasteiger partial charge in [0, 0.05) is 36.7 Å². The van der Waals surface area contributed by atoms with Crippen molar-refractivity contribution in [1.29, 1.82) is 0 Å². The summed E-state index contributed by atoms with van der Waals surface area (Å²) in [6.45, 7) is 0.706. The van der Waals surface area contributed by atoms with Crippen LogP contribution in [0.5, 0.6) is 0 Å². The van der Waals surface area contributed by atoms with Gasteiger partial charge in [0.25, 0.3) is 5.91 Å². The molecule has 4 rings (SSSR count). The van der Waals surface area contributed by atoms with Gasteiger partial charge in [0.2, 0.25) is 0 Å². The van der Waals surface area contributed by atoms with Gasteiger partial charge in [0.05, 0.1) is 4.88 Å². The zero-order valence-electron chi connectivity index (χ0n) is 15.0. The maximum atomic E-state index is 12.6. The Bertz CT molecular complexity index is 1020. The summed E-state index contributed by atoms with van der Waals surface area (Å²) in [7, 11) is 0. The molecule has 0 aromatic carbocycles. The van der Waals surface area contributed by atoms with E-state index >= 15 is 0 Å². The average Bonchev–Trinajstić information content (AvgIpc) is 3.43. The molecule has 0 unspecified atom stereocenters. The van der Waals surface area contributed by atoms with Crippen molar-refractivity contribution in [2.45, 2.75) is 25.7 Å². The number of carbonyl (C=O) groups is 1. The highest BCUT2D eigenvalue weighted by molar-refractivity contribution is 7.12. The number of aromatic amines is 2. The highest BCUT2D eigenvalue weighted by Gasteiger charge is 2.14. The molecule has 1 amide bonds. The van der Waals surface area contributed by atoms with Gasteiger partial charge in [-0.1, -0.05) is 0 Å². The molecule has 6 heteroatoms. The summed E-state index contributed by atoms with van der Waals surface area (Å²) >= 11 is 1.51. The van der Waals surface area contributed by atoms with Crippen LogP contribution in [-0.2, 0) is 12.8 Å². The zero-order chi connectivity index (χ0) is 18.5. The molecule has 0 aliphatic carbocycles. The number of fused-ring (bicyclic) bond motifs is 1. The lowest BCUT2D eigenvalue weighted by Crippen LogP contribution is -2.24. The van der Waals surface area contributed by atoms with E-state index in [1.54, 1.807) is 0 Å². The number of nitrogens with one attached hydrogen (secondary N) is 3. The standard InChI is InChI=1S/C21H22N4OS/c26-21(25-8-2-1-3-15-4-9-22-14-15)19-17(7-12-27-19)13-16-5-10-23-20-18(16)6-11-24-20/h4-7,9-12,14,22H,1-3,8,13H2,(H,23,24)(H,25,26). The third-order valence-corrected chi connectivity index (χ3v) is 5.68. The predicted octanol–water partition coefficient (Wildman–Crippen LogP) is 4.30. The van der Waals surface area contributed by atoms with E-state index < -0.39 is 0 Å². The van der Waals surface area contributed by atoms with E-state index in [1.165, 1.54) is 22.5 Å². The summed E-state index contributed by atoms with van der Waals surface area (Å²) in [5.74, 6) is 0.0287. The minimum absolute atomic E-state index is 0.0287. The number of hydrogen-bond acceptors (Lipinski definition) is 3. The van der Waals surface area contributed by atoms with E-state index in [2.05, 4.69) is 26.3 Å². The van der Waals surface area contributed by atoms with Crippen LogP contribution < -0.4 is 5.32 Å². The molecular formula is C21H22N4OS. The highest BCUT2D eigenvalue weighted by Crippen LogP contribution is 2.24. The van der Waals surface area contributed by atoms with Crippen molar-refractivity contribution in [3.05, 3.63) is 76.0 Å². The normalized spacial score (nSPS) is 11.1. The highest BCUT2D eigenvalue weighted by atomic mass is 32.1. The fourth-order valence-corrected chi connectivity index (χ4v) is 4.14. The monoisotopic (exact) mass is 378 g/mol. The second-order valence-corrected chi connectivity index (χ2v) is 7.51. The van der Waals surface area contributed by atoms with Gasteiger partial charge in [-0.3, -0.25) is 4.79 Å². The maximum Gasteiger partial charge on any atom is 0.261 e. The minimum atomic E-state index is 0.0287. The third-order valence-electron chi connectivity index (χ3n) is 4.72. The first-order valence-electron chi connectivity index (χ1n) is 9.18. The Balaban J connectivity index is 1.34. The number of hydrogen-bond donors (Lipinski definition) is 3. The molecule has 0 bridgehead atoms. The van der Waals surface area contributed by atoms with Crippen molar-refractivity contribution in [3.8, 4) is 0 Å². The molecular weight excluding hydrogens is 356 g/mol. The van der Waals surface area contributed by atoms with E-state index in [-0.39, 0.29) is 5.91 Å². The molecule has 0 spiro atoms. The van der Waals surface area contributed by atoms with E-state index in [9.17, 15) is 4.79 Å². The average molecular weight is 379 g/mol. The maximum absolute atomic E-state index is 12.6. The molecule has 0 atom stereocenters. The Morgan fingerprint density at radius 1 is 1.11 bits per heavy atom. The Kier molecular flexibility index (Phi) is 5.34. The molecule has 0 aliphatic rings. The second-order valence-electron chi connectivity index (χ2n) is 6.59. The lowest BCUT2D eigenvalue weighted by Gasteiger charge is -2.07. The number of H-pyrrole nitrogens is 2. The Hall–Kier alpha value is -2.86. The van der Waals surface area contributed by atoms with Crippen molar-refractivity contribution in [3.63, 3.8) is 0 Å². The number of amides is 1. The van der Waals surface area contributed by atoms with Crippen LogP contribution in [-0.4, -0.2) is 27.4 Å². The van der Waals surface area contributed by atoms with Gasteiger partial charge in [-0.05, 0) is 72.0 Å². The summed E-state index contributed by atoms with van der Waals surface area (Å²) < 4.78 is 0. The zero-order valence-corrected chi connectivity index (χ0v) is 15.8. The van der Waals surface area contributed by atoms with Gasteiger partial charge in [-0.2, -0.15) is 0 Å². The molecule has 138 valence electrons.